The van der Waals surface area contributed by atoms with Crippen LogP contribution >= 0.6 is 0 Å². The summed E-state index contributed by atoms with van der Waals surface area (Å²) >= 11 is 0. The molecule has 9 heteroatoms. The van der Waals surface area contributed by atoms with E-state index in [0.717, 1.165) is 5.56 Å². The molecule has 9 nitrogen and oxygen atoms in total. The van der Waals surface area contributed by atoms with E-state index in [1.165, 1.54) is 0 Å². The van der Waals surface area contributed by atoms with Crippen LogP contribution in [0.1, 0.15) is 76.7 Å². The average molecular weight is 478 g/mol. The van der Waals surface area contributed by atoms with Crippen LogP contribution < -0.4 is 16.0 Å². The van der Waals surface area contributed by atoms with Crippen molar-refractivity contribution in [1.29, 1.82) is 0 Å². The predicted molar refractivity (Wildman–Crippen MR) is 129 cm³/mol. The van der Waals surface area contributed by atoms with E-state index in [-0.39, 0.29) is 12.5 Å². The predicted octanol–water partition coefficient (Wildman–Crippen LogP) is 3.25. The van der Waals surface area contributed by atoms with E-state index in [9.17, 15) is 19.2 Å². The van der Waals surface area contributed by atoms with Crippen LogP contribution in [0.3, 0.4) is 0 Å². The topological polar surface area (TPSA) is 123 Å². The van der Waals surface area contributed by atoms with E-state index >= 15 is 0 Å². The Morgan fingerprint density at radius 2 is 1.56 bits per heavy atom. The van der Waals surface area contributed by atoms with E-state index in [4.69, 9.17) is 9.47 Å². The normalized spacial score (nSPS) is 12.3. The molecule has 1 rings (SSSR count). The van der Waals surface area contributed by atoms with Gasteiger partial charge in [0.05, 0.1) is 0 Å². The molecule has 0 bridgehead atoms. The third-order valence-electron chi connectivity index (χ3n) is 4.30. The number of urea groups is 1. The zero-order valence-electron chi connectivity index (χ0n) is 21.4. The lowest BCUT2D eigenvalue weighted by Gasteiger charge is -2.25. The minimum Gasteiger partial charge on any atom is -0.459 e. The van der Waals surface area contributed by atoms with E-state index in [2.05, 4.69) is 16.0 Å². The fraction of sp³-hybridized carbons (Fsp3) is 0.600. The summed E-state index contributed by atoms with van der Waals surface area (Å²) in [5, 5.41) is 7.83. The van der Waals surface area contributed by atoms with E-state index in [0.29, 0.717) is 31.4 Å². The van der Waals surface area contributed by atoms with Crippen molar-refractivity contribution < 1.29 is 28.7 Å². The molecule has 3 amide bonds. The van der Waals surface area contributed by atoms with Crippen molar-refractivity contribution in [1.82, 2.24) is 16.0 Å². The molecule has 1 aromatic carbocycles. The van der Waals surface area contributed by atoms with Gasteiger partial charge >= 0.3 is 18.0 Å². The number of ether oxygens (including phenoxy) is 2. The molecular weight excluding hydrogens is 438 g/mol. The number of esters is 2. The highest BCUT2D eigenvalue weighted by atomic mass is 16.6. The average Bonchev–Trinajstić information content (AvgIpc) is 2.68. The molecule has 0 heterocycles. The third-order valence-corrected chi connectivity index (χ3v) is 4.30. The number of carbonyl (C=O) groups excluding carboxylic acids is 4. The van der Waals surface area contributed by atoms with Gasteiger partial charge in [-0.15, -0.1) is 0 Å². The zero-order valence-corrected chi connectivity index (χ0v) is 21.4. The Balaban J connectivity index is 2.55. The molecule has 0 aromatic heterocycles. The van der Waals surface area contributed by atoms with Gasteiger partial charge in [0.2, 0.25) is 0 Å². The van der Waals surface area contributed by atoms with Crippen LogP contribution in [0.2, 0.25) is 0 Å². The lowest BCUT2D eigenvalue weighted by molar-refractivity contribution is -0.157. The summed E-state index contributed by atoms with van der Waals surface area (Å²) in [4.78, 5) is 48.9. The minimum absolute atomic E-state index is 0.160. The SMILES string of the molecule is Cc1cccc(C(=O)NCCCCC(NC(=O)NCC(=O)OC(C)(C)C)C(=O)OC(C)(C)C)c1. The first-order chi connectivity index (χ1) is 15.7. The second kappa shape index (κ2) is 13.0. The Labute approximate surface area is 202 Å². The number of unbranched alkanes of at least 4 members (excludes halogenated alkanes) is 1. The maximum Gasteiger partial charge on any atom is 0.329 e. The number of rotatable bonds is 10. The van der Waals surface area contributed by atoms with Crippen LogP contribution in [0.5, 0.6) is 0 Å². The summed E-state index contributed by atoms with van der Waals surface area (Å²) < 4.78 is 10.6. The van der Waals surface area contributed by atoms with Crippen LogP contribution in [0, 0.1) is 6.92 Å². The molecule has 0 saturated heterocycles. The first-order valence-electron chi connectivity index (χ1n) is 11.5. The molecule has 0 aliphatic rings. The van der Waals surface area contributed by atoms with Crippen molar-refractivity contribution in [3.63, 3.8) is 0 Å². The molecule has 0 radical (unpaired) electrons. The summed E-state index contributed by atoms with van der Waals surface area (Å²) in [6.45, 7) is 12.4. The van der Waals surface area contributed by atoms with Crippen molar-refractivity contribution >= 4 is 23.9 Å². The zero-order chi connectivity index (χ0) is 25.9. The number of hydrogen-bond acceptors (Lipinski definition) is 6. The molecule has 0 aliphatic heterocycles. The summed E-state index contributed by atoms with van der Waals surface area (Å²) in [6, 6.07) is 5.74. The van der Waals surface area contributed by atoms with Gasteiger partial charge in [0.15, 0.2) is 0 Å². The number of nitrogens with one attached hydrogen (secondary N) is 3. The van der Waals surface area contributed by atoms with Crippen LogP contribution in [-0.2, 0) is 19.1 Å². The number of aryl methyl sites for hydroxylation is 1. The van der Waals surface area contributed by atoms with Gasteiger partial charge in [0, 0.05) is 12.1 Å². The van der Waals surface area contributed by atoms with Gasteiger partial charge in [-0.3, -0.25) is 9.59 Å². The van der Waals surface area contributed by atoms with Crippen LogP contribution in [0.4, 0.5) is 4.79 Å². The Hall–Kier alpha value is -3.10. The van der Waals surface area contributed by atoms with Gasteiger partial charge in [-0.2, -0.15) is 0 Å². The fourth-order valence-corrected chi connectivity index (χ4v) is 2.92. The van der Waals surface area contributed by atoms with Crippen molar-refractivity contribution in [2.75, 3.05) is 13.1 Å². The Kier molecular flexibility index (Phi) is 11.0. The lowest BCUT2D eigenvalue weighted by atomic mass is 10.1. The largest absolute Gasteiger partial charge is 0.459 e. The molecule has 0 aliphatic carbocycles. The fourth-order valence-electron chi connectivity index (χ4n) is 2.92. The van der Waals surface area contributed by atoms with Gasteiger partial charge in [0.25, 0.3) is 5.91 Å². The standard InChI is InChI=1S/C25H39N3O6/c1-17-11-10-12-18(15-17)21(30)26-14-9-8-13-19(22(31)34-25(5,6)7)28-23(32)27-16-20(29)33-24(2,3)4/h10-12,15,19H,8-9,13-14,16H2,1-7H3,(H,26,30)(H2,27,28,32). The van der Waals surface area contributed by atoms with Crippen molar-refractivity contribution in [3.8, 4) is 0 Å². The third kappa shape index (κ3) is 12.8. The Morgan fingerprint density at radius 3 is 2.15 bits per heavy atom. The van der Waals surface area contributed by atoms with Crippen LogP contribution in [-0.4, -0.2) is 54.2 Å². The molecule has 190 valence electrons. The summed E-state index contributed by atoms with van der Waals surface area (Å²) in [5.74, 6) is -1.31. The highest BCUT2D eigenvalue weighted by Crippen LogP contribution is 2.12. The van der Waals surface area contributed by atoms with E-state index in [1.807, 2.05) is 25.1 Å². The summed E-state index contributed by atoms with van der Waals surface area (Å²) in [5.41, 5.74) is 0.216. The highest BCUT2D eigenvalue weighted by Gasteiger charge is 2.27. The monoisotopic (exact) mass is 477 g/mol. The van der Waals surface area contributed by atoms with E-state index in [1.54, 1.807) is 47.6 Å². The quantitative estimate of drug-likeness (QED) is 0.351. The maximum atomic E-state index is 12.6. The van der Waals surface area contributed by atoms with Crippen molar-refractivity contribution in [3.05, 3.63) is 35.4 Å². The first kappa shape index (κ1) is 28.9. The minimum atomic E-state index is -0.898. The van der Waals surface area contributed by atoms with Crippen LogP contribution in [0.15, 0.2) is 24.3 Å². The first-order valence-corrected chi connectivity index (χ1v) is 11.5. The second-order valence-electron chi connectivity index (χ2n) is 10.1. The molecule has 1 aromatic rings. The van der Waals surface area contributed by atoms with Gasteiger partial charge < -0.3 is 25.4 Å². The van der Waals surface area contributed by atoms with Crippen LogP contribution in [0.25, 0.3) is 0 Å². The van der Waals surface area contributed by atoms with E-state index < -0.39 is 35.2 Å². The molecule has 3 N–H and O–H groups in total. The smallest absolute Gasteiger partial charge is 0.329 e. The maximum absolute atomic E-state index is 12.6. The van der Waals surface area contributed by atoms with Gasteiger partial charge in [-0.1, -0.05) is 17.7 Å². The molecule has 0 saturated carbocycles. The number of hydrogen-bond donors (Lipinski definition) is 3. The molecule has 0 fully saturated rings. The number of carbonyl (C=O) groups is 4. The Morgan fingerprint density at radius 1 is 0.912 bits per heavy atom. The lowest BCUT2D eigenvalue weighted by Crippen LogP contribution is -2.49. The molecule has 34 heavy (non-hydrogen) atoms. The molecular formula is C25H39N3O6. The summed E-state index contributed by atoms with van der Waals surface area (Å²) in [7, 11) is 0. The highest BCUT2D eigenvalue weighted by molar-refractivity contribution is 5.94. The molecule has 1 unspecified atom stereocenters. The second-order valence-corrected chi connectivity index (χ2v) is 10.1. The van der Waals surface area contributed by atoms with Gasteiger partial charge in [0.1, 0.15) is 23.8 Å². The van der Waals surface area contributed by atoms with Crippen molar-refractivity contribution in [2.45, 2.75) is 85.0 Å². The van der Waals surface area contributed by atoms with Crippen molar-refractivity contribution in [2.24, 2.45) is 0 Å². The number of amides is 3. The van der Waals surface area contributed by atoms with Gasteiger partial charge in [-0.05, 0) is 79.9 Å². The number of benzene rings is 1. The van der Waals surface area contributed by atoms with Gasteiger partial charge in [-0.25, -0.2) is 9.59 Å². The summed E-state index contributed by atoms with van der Waals surface area (Å²) in [6.07, 6.45) is 1.48. The molecule has 0 spiro atoms. The molecule has 1 atom stereocenters. The Bertz CT molecular complexity index is 855.